The van der Waals surface area contributed by atoms with E-state index in [9.17, 15) is 0 Å². The zero-order valence-corrected chi connectivity index (χ0v) is 14.5. The van der Waals surface area contributed by atoms with E-state index in [4.69, 9.17) is 39.5 Å². The van der Waals surface area contributed by atoms with Crippen LogP contribution in [0.2, 0.25) is 10.0 Å². The Kier molecular flexibility index (Phi) is 5.62. The number of methoxy groups -OCH3 is 1. The molecule has 106 valence electrons. The summed E-state index contributed by atoms with van der Waals surface area (Å²) in [4.78, 5) is 0. The van der Waals surface area contributed by atoms with Gasteiger partial charge in [-0.3, -0.25) is 0 Å². The molecule has 0 N–H and O–H groups in total. The van der Waals surface area contributed by atoms with Crippen LogP contribution in [0.3, 0.4) is 0 Å². The van der Waals surface area contributed by atoms with Gasteiger partial charge >= 0.3 is 0 Å². The number of hydrogen-bond donors (Lipinski definition) is 0. The second kappa shape index (κ2) is 7.04. The highest BCUT2D eigenvalue weighted by atomic mass is 79.9. The van der Waals surface area contributed by atoms with E-state index in [1.54, 1.807) is 13.2 Å². The van der Waals surface area contributed by atoms with Crippen LogP contribution in [0.5, 0.6) is 5.75 Å². The Morgan fingerprint density at radius 1 is 1.10 bits per heavy atom. The number of alkyl halides is 1. The molecule has 0 saturated heterocycles. The van der Waals surface area contributed by atoms with Crippen LogP contribution < -0.4 is 4.74 Å². The molecule has 0 radical (unpaired) electrons. The van der Waals surface area contributed by atoms with Gasteiger partial charge in [-0.2, -0.15) is 0 Å². The summed E-state index contributed by atoms with van der Waals surface area (Å²) in [5.41, 5.74) is 1.98. The summed E-state index contributed by atoms with van der Waals surface area (Å²) < 4.78 is 6.32. The van der Waals surface area contributed by atoms with Gasteiger partial charge < -0.3 is 4.74 Å². The van der Waals surface area contributed by atoms with Crippen molar-refractivity contribution in [2.45, 2.75) is 11.8 Å². The van der Waals surface area contributed by atoms with Gasteiger partial charge in [-0.15, -0.1) is 11.6 Å². The Morgan fingerprint density at radius 2 is 1.85 bits per heavy atom. The van der Waals surface area contributed by atoms with Gasteiger partial charge in [0.05, 0.1) is 22.5 Å². The van der Waals surface area contributed by atoms with Crippen molar-refractivity contribution in [3.05, 3.63) is 62.0 Å². The van der Waals surface area contributed by atoms with Crippen molar-refractivity contribution in [3.63, 3.8) is 0 Å². The van der Waals surface area contributed by atoms with E-state index in [0.717, 1.165) is 21.3 Å². The lowest BCUT2D eigenvalue weighted by atomic mass is 10.0. The molecule has 5 heteroatoms. The molecule has 0 aromatic heterocycles. The smallest absolute Gasteiger partial charge is 0.124 e. The summed E-state index contributed by atoms with van der Waals surface area (Å²) in [6.45, 7) is 0. The van der Waals surface area contributed by atoms with Crippen LogP contribution in [-0.2, 0) is 6.42 Å². The molecule has 2 aromatic carbocycles. The minimum absolute atomic E-state index is 0.199. The molecule has 20 heavy (non-hydrogen) atoms. The van der Waals surface area contributed by atoms with E-state index in [2.05, 4.69) is 15.9 Å². The molecule has 2 rings (SSSR count). The number of ether oxygens (including phenoxy) is 1. The number of halogens is 4. The molecule has 0 fully saturated rings. The summed E-state index contributed by atoms with van der Waals surface area (Å²) in [6.07, 6.45) is 0.649. The Bertz CT molecular complexity index is 616. The van der Waals surface area contributed by atoms with Crippen LogP contribution in [0.15, 0.2) is 40.9 Å². The monoisotopic (exact) mass is 392 g/mol. The summed E-state index contributed by atoms with van der Waals surface area (Å²) in [6, 6.07) is 11.3. The molecule has 0 saturated carbocycles. The average Bonchev–Trinajstić information content (AvgIpc) is 2.42. The van der Waals surface area contributed by atoms with Gasteiger partial charge in [0.2, 0.25) is 0 Å². The standard InChI is InChI=1S/C15H12BrCl3O/c1-20-15-8-10(16)3-4-11(15)13(18)6-9-2-5-12(17)14(19)7-9/h2-5,7-8,13H,6H2,1H3. The average molecular weight is 395 g/mol. The first-order valence-electron chi connectivity index (χ1n) is 5.92. The maximum atomic E-state index is 6.50. The third-order valence-corrected chi connectivity index (χ3v) is 4.55. The Balaban J connectivity index is 2.23. The molecule has 0 amide bonds. The lowest BCUT2D eigenvalue weighted by Crippen LogP contribution is -1.99. The Labute approximate surface area is 141 Å². The van der Waals surface area contributed by atoms with Crippen LogP contribution in [0, 0.1) is 0 Å². The lowest BCUT2D eigenvalue weighted by Gasteiger charge is -2.15. The van der Waals surface area contributed by atoms with Crippen LogP contribution in [0.4, 0.5) is 0 Å². The molecular formula is C15H12BrCl3O. The van der Waals surface area contributed by atoms with Gasteiger partial charge in [-0.1, -0.05) is 51.3 Å². The zero-order valence-electron chi connectivity index (χ0n) is 10.7. The van der Waals surface area contributed by atoms with Crippen molar-refractivity contribution < 1.29 is 4.74 Å². The van der Waals surface area contributed by atoms with Gasteiger partial charge in [0, 0.05) is 10.0 Å². The Morgan fingerprint density at radius 3 is 2.50 bits per heavy atom. The predicted octanol–water partition coefficient (Wildman–Crippen LogP) is 6.29. The van der Waals surface area contributed by atoms with Gasteiger partial charge in [-0.05, 0) is 36.2 Å². The fourth-order valence-electron chi connectivity index (χ4n) is 1.93. The molecule has 1 atom stereocenters. The lowest BCUT2D eigenvalue weighted by molar-refractivity contribution is 0.408. The highest BCUT2D eigenvalue weighted by Crippen LogP contribution is 2.35. The third-order valence-electron chi connectivity index (χ3n) is 2.93. The first kappa shape index (κ1) is 16.0. The fourth-order valence-corrected chi connectivity index (χ4v) is 2.95. The van der Waals surface area contributed by atoms with Crippen LogP contribution in [0.1, 0.15) is 16.5 Å². The summed E-state index contributed by atoms with van der Waals surface area (Å²) in [5.74, 6) is 0.763. The normalized spacial score (nSPS) is 12.2. The summed E-state index contributed by atoms with van der Waals surface area (Å²) in [7, 11) is 1.63. The van der Waals surface area contributed by atoms with Crippen molar-refractivity contribution in [2.24, 2.45) is 0 Å². The topological polar surface area (TPSA) is 9.23 Å². The first-order chi connectivity index (χ1) is 9.51. The molecule has 0 aliphatic rings. The van der Waals surface area contributed by atoms with E-state index in [1.807, 2.05) is 30.3 Å². The first-order valence-corrected chi connectivity index (χ1v) is 7.91. The SMILES string of the molecule is COc1cc(Br)ccc1C(Cl)Cc1ccc(Cl)c(Cl)c1. The van der Waals surface area contributed by atoms with Crippen LogP contribution in [0.25, 0.3) is 0 Å². The summed E-state index contributed by atoms with van der Waals surface area (Å²) in [5, 5.41) is 0.883. The van der Waals surface area contributed by atoms with Crippen molar-refractivity contribution >= 4 is 50.7 Å². The molecular weight excluding hydrogens is 382 g/mol. The molecule has 0 bridgehead atoms. The maximum absolute atomic E-state index is 6.50. The third kappa shape index (κ3) is 3.82. The highest BCUT2D eigenvalue weighted by molar-refractivity contribution is 9.10. The van der Waals surface area contributed by atoms with Crippen molar-refractivity contribution in [1.29, 1.82) is 0 Å². The van der Waals surface area contributed by atoms with Gasteiger partial charge in [0.1, 0.15) is 5.75 Å². The van der Waals surface area contributed by atoms with Gasteiger partial charge in [-0.25, -0.2) is 0 Å². The van der Waals surface area contributed by atoms with E-state index < -0.39 is 0 Å². The minimum atomic E-state index is -0.199. The van der Waals surface area contributed by atoms with Crippen LogP contribution in [-0.4, -0.2) is 7.11 Å². The number of rotatable bonds is 4. The minimum Gasteiger partial charge on any atom is -0.496 e. The molecule has 2 aromatic rings. The second-order valence-corrected chi connectivity index (χ2v) is 6.56. The van der Waals surface area contributed by atoms with Crippen molar-refractivity contribution in [3.8, 4) is 5.75 Å². The number of hydrogen-bond acceptors (Lipinski definition) is 1. The highest BCUT2D eigenvalue weighted by Gasteiger charge is 2.15. The molecule has 0 spiro atoms. The predicted molar refractivity (Wildman–Crippen MR) is 89.5 cm³/mol. The molecule has 0 aliphatic carbocycles. The van der Waals surface area contributed by atoms with Gasteiger partial charge in [0.25, 0.3) is 0 Å². The molecule has 0 aliphatic heterocycles. The second-order valence-electron chi connectivity index (χ2n) is 4.31. The van der Waals surface area contributed by atoms with Gasteiger partial charge in [0.15, 0.2) is 0 Å². The maximum Gasteiger partial charge on any atom is 0.124 e. The van der Waals surface area contributed by atoms with E-state index >= 15 is 0 Å². The Hall–Kier alpha value is -0.410. The molecule has 1 unspecified atom stereocenters. The fraction of sp³-hybridized carbons (Fsp3) is 0.200. The van der Waals surface area contributed by atoms with Crippen molar-refractivity contribution in [2.75, 3.05) is 7.11 Å². The van der Waals surface area contributed by atoms with Crippen molar-refractivity contribution in [1.82, 2.24) is 0 Å². The van der Waals surface area contributed by atoms with E-state index in [0.29, 0.717) is 16.5 Å². The largest absolute Gasteiger partial charge is 0.496 e. The van der Waals surface area contributed by atoms with E-state index in [1.165, 1.54) is 0 Å². The summed E-state index contributed by atoms with van der Waals surface area (Å²) >= 11 is 21.8. The zero-order chi connectivity index (χ0) is 14.7. The quantitative estimate of drug-likeness (QED) is 0.554. The van der Waals surface area contributed by atoms with E-state index in [-0.39, 0.29) is 5.38 Å². The molecule has 0 heterocycles. The molecule has 1 nitrogen and oxygen atoms in total. The van der Waals surface area contributed by atoms with Crippen LogP contribution >= 0.6 is 50.7 Å². The number of benzene rings is 2.